The van der Waals surface area contributed by atoms with E-state index in [1.54, 1.807) is 54.6 Å². The van der Waals surface area contributed by atoms with E-state index in [-0.39, 0.29) is 35.5 Å². The predicted molar refractivity (Wildman–Crippen MR) is 184 cm³/mol. The fourth-order valence-electron chi connectivity index (χ4n) is 4.79. The van der Waals surface area contributed by atoms with Crippen molar-refractivity contribution in [1.82, 2.24) is 10.2 Å². The number of sulfonamides is 1. The predicted octanol–water partition coefficient (Wildman–Crippen LogP) is 7.42. The maximum Gasteiger partial charge on any atom is 0.264 e. The van der Waals surface area contributed by atoms with Crippen LogP contribution in [0.4, 0.5) is 5.69 Å². The number of rotatable bonds is 12. The molecule has 0 saturated heterocycles. The molecule has 2 amide bonds. The van der Waals surface area contributed by atoms with Crippen LogP contribution in [0.1, 0.15) is 30.5 Å². The second-order valence-corrected chi connectivity index (χ2v) is 14.5. The molecule has 0 aliphatic carbocycles. The maximum atomic E-state index is 14.5. The van der Waals surface area contributed by atoms with Crippen molar-refractivity contribution < 1.29 is 18.0 Å². The number of nitrogens with one attached hydrogen (secondary N) is 1. The van der Waals surface area contributed by atoms with Crippen molar-refractivity contribution in [3.05, 3.63) is 128 Å². The summed E-state index contributed by atoms with van der Waals surface area (Å²) in [6, 6.07) is 26.2. The normalized spacial score (nSPS) is 12.1. The largest absolute Gasteiger partial charge is 0.352 e. The summed E-state index contributed by atoms with van der Waals surface area (Å²) in [5, 5.41) is 3.57. The lowest BCUT2D eigenvalue weighted by molar-refractivity contribution is -0.140. The Bertz CT molecular complexity index is 1730. The molecule has 0 fully saturated rings. The number of amides is 2. The van der Waals surface area contributed by atoms with Crippen molar-refractivity contribution in [3.8, 4) is 0 Å². The molecule has 0 aliphatic heterocycles. The van der Waals surface area contributed by atoms with Crippen molar-refractivity contribution in [3.63, 3.8) is 0 Å². The molecule has 11 heteroatoms. The SMILES string of the molecule is Cc1ccc(S(=O)(=O)N(CC(=O)N(Cc2c(Cl)cccc2Cl)[C@@H](Cc2ccccc2)C(=O)NC(C)C)c2cccc(Br)c2)cc1. The molecule has 1 atom stereocenters. The molecule has 4 aromatic carbocycles. The molecule has 0 aliphatic rings. The molecule has 7 nitrogen and oxygen atoms in total. The van der Waals surface area contributed by atoms with E-state index in [9.17, 15) is 18.0 Å². The van der Waals surface area contributed by atoms with Crippen LogP contribution in [-0.2, 0) is 32.6 Å². The van der Waals surface area contributed by atoms with Gasteiger partial charge in [0.1, 0.15) is 12.6 Å². The highest BCUT2D eigenvalue weighted by atomic mass is 79.9. The Hall–Kier alpha value is -3.37. The highest BCUT2D eigenvalue weighted by Crippen LogP contribution is 2.30. The first-order valence-corrected chi connectivity index (χ1v) is 17.3. The molecule has 0 radical (unpaired) electrons. The molecule has 0 aromatic heterocycles. The van der Waals surface area contributed by atoms with Gasteiger partial charge in [-0.1, -0.05) is 99.3 Å². The van der Waals surface area contributed by atoms with E-state index in [0.29, 0.717) is 20.1 Å². The van der Waals surface area contributed by atoms with Gasteiger partial charge in [-0.25, -0.2) is 8.42 Å². The zero-order valence-corrected chi connectivity index (χ0v) is 29.0. The Labute approximate surface area is 283 Å². The van der Waals surface area contributed by atoms with Crippen molar-refractivity contribution >= 4 is 66.7 Å². The van der Waals surface area contributed by atoms with E-state index in [0.717, 1.165) is 15.4 Å². The minimum absolute atomic E-state index is 0.0277. The minimum Gasteiger partial charge on any atom is -0.352 e. The maximum absolute atomic E-state index is 14.5. The minimum atomic E-state index is -4.22. The van der Waals surface area contributed by atoms with Crippen LogP contribution in [0, 0.1) is 6.92 Å². The Morgan fingerprint density at radius 2 is 1.49 bits per heavy atom. The van der Waals surface area contributed by atoms with E-state index >= 15 is 0 Å². The number of hydrogen-bond donors (Lipinski definition) is 1. The summed E-state index contributed by atoms with van der Waals surface area (Å²) in [5.74, 6) is -0.998. The molecular weight excluding hydrogens is 697 g/mol. The van der Waals surface area contributed by atoms with Gasteiger partial charge in [0.2, 0.25) is 11.8 Å². The summed E-state index contributed by atoms with van der Waals surface area (Å²) >= 11 is 16.5. The Morgan fingerprint density at radius 1 is 0.867 bits per heavy atom. The molecular formula is C34H34BrCl2N3O4S. The topological polar surface area (TPSA) is 86.8 Å². The van der Waals surface area contributed by atoms with Crippen LogP contribution >= 0.6 is 39.1 Å². The van der Waals surface area contributed by atoms with Crippen LogP contribution < -0.4 is 9.62 Å². The molecule has 4 rings (SSSR count). The molecule has 236 valence electrons. The van der Waals surface area contributed by atoms with E-state index in [4.69, 9.17) is 23.2 Å². The monoisotopic (exact) mass is 729 g/mol. The first-order valence-electron chi connectivity index (χ1n) is 14.3. The van der Waals surface area contributed by atoms with E-state index in [1.807, 2.05) is 51.1 Å². The van der Waals surface area contributed by atoms with Crippen molar-refractivity contribution in [2.45, 2.75) is 50.7 Å². The van der Waals surface area contributed by atoms with Gasteiger partial charge in [-0.15, -0.1) is 0 Å². The van der Waals surface area contributed by atoms with Gasteiger partial charge in [0.25, 0.3) is 10.0 Å². The lowest BCUT2D eigenvalue weighted by Gasteiger charge is -2.34. The molecule has 0 unspecified atom stereocenters. The Morgan fingerprint density at radius 3 is 2.09 bits per heavy atom. The van der Waals surface area contributed by atoms with Crippen LogP contribution in [0.5, 0.6) is 0 Å². The third kappa shape index (κ3) is 8.88. The van der Waals surface area contributed by atoms with Gasteiger partial charge in [-0.3, -0.25) is 13.9 Å². The number of hydrogen-bond acceptors (Lipinski definition) is 4. The number of carbonyl (C=O) groups is 2. The molecule has 45 heavy (non-hydrogen) atoms. The summed E-state index contributed by atoms with van der Waals surface area (Å²) in [6.45, 7) is 4.81. The lowest BCUT2D eigenvalue weighted by atomic mass is 10.0. The average molecular weight is 732 g/mol. The van der Waals surface area contributed by atoms with Crippen molar-refractivity contribution in [1.29, 1.82) is 0 Å². The first kappa shape index (κ1) is 34.5. The van der Waals surface area contributed by atoms with Gasteiger partial charge in [0.15, 0.2) is 0 Å². The number of benzene rings is 4. The summed E-state index contributed by atoms with van der Waals surface area (Å²) in [7, 11) is -4.22. The van der Waals surface area contributed by atoms with Crippen LogP contribution in [-0.4, -0.2) is 43.8 Å². The number of halogens is 3. The van der Waals surface area contributed by atoms with E-state index < -0.39 is 28.5 Å². The zero-order chi connectivity index (χ0) is 32.7. The molecule has 0 spiro atoms. The van der Waals surface area contributed by atoms with Crippen LogP contribution in [0.3, 0.4) is 0 Å². The molecule has 0 bridgehead atoms. The first-order chi connectivity index (χ1) is 21.4. The van der Waals surface area contributed by atoms with Gasteiger partial charge in [-0.2, -0.15) is 0 Å². The van der Waals surface area contributed by atoms with Crippen LogP contribution in [0.15, 0.2) is 106 Å². The van der Waals surface area contributed by atoms with Crippen molar-refractivity contribution in [2.75, 3.05) is 10.8 Å². The highest BCUT2D eigenvalue weighted by molar-refractivity contribution is 9.10. The number of anilines is 1. The van der Waals surface area contributed by atoms with Gasteiger partial charge in [0, 0.05) is 39.1 Å². The summed E-state index contributed by atoms with van der Waals surface area (Å²) in [6.07, 6.45) is 0.175. The third-order valence-electron chi connectivity index (χ3n) is 7.08. The van der Waals surface area contributed by atoms with E-state index in [1.165, 1.54) is 17.0 Å². The Balaban J connectivity index is 1.84. The number of aryl methyl sites for hydroxylation is 1. The highest BCUT2D eigenvalue weighted by Gasteiger charge is 2.35. The number of nitrogens with zero attached hydrogens (tertiary/aromatic N) is 2. The van der Waals surface area contributed by atoms with Gasteiger partial charge in [0.05, 0.1) is 10.6 Å². The molecule has 4 aromatic rings. The zero-order valence-electron chi connectivity index (χ0n) is 25.1. The molecule has 0 heterocycles. The van der Waals surface area contributed by atoms with Gasteiger partial charge < -0.3 is 10.2 Å². The van der Waals surface area contributed by atoms with Gasteiger partial charge in [-0.05, 0) is 68.8 Å². The summed E-state index contributed by atoms with van der Waals surface area (Å²) in [5.41, 5.74) is 2.43. The van der Waals surface area contributed by atoms with Crippen LogP contribution in [0.2, 0.25) is 10.0 Å². The standard InChI is InChI=1S/C34H34BrCl2N3O4S/c1-23(2)38-34(42)32(19-25-9-5-4-6-10-25)39(21-29-30(36)13-8-14-31(29)37)33(41)22-40(27-12-7-11-26(35)20-27)45(43,44)28-17-15-24(3)16-18-28/h4-18,20,23,32H,19,21-22H2,1-3H3,(H,38,42)/t32-/m0/s1. The fraction of sp³-hybridized carbons (Fsp3) is 0.235. The van der Waals surface area contributed by atoms with E-state index in [2.05, 4.69) is 21.2 Å². The van der Waals surface area contributed by atoms with Gasteiger partial charge >= 0.3 is 0 Å². The lowest BCUT2D eigenvalue weighted by Crippen LogP contribution is -2.54. The van der Waals surface area contributed by atoms with Crippen molar-refractivity contribution in [2.24, 2.45) is 0 Å². The second kappa shape index (κ2) is 15.3. The quantitative estimate of drug-likeness (QED) is 0.164. The summed E-state index contributed by atoms with van der Waals surface area (Å²) < 4.78 is 30.0. The fourth-order valence-corrected chi connectivity index (χ4v) is 7.10. The molecule has 0 saturated carbocycles. The second-order valence-electron chi connectivity index (χ2n) is 10.9. The number of carbonyl (C=O) groups excluding carboxylic acids is 2. The smallest absolute Gasteiger partial charge is 0.264 e. The average Bonchev–Trinajstić information content (AvgIpc) is 2.99. The summed E-state index contributed by atoms with van der Waals surface area (Å²) in [4.78, 5) is 29.7. The van der Waals surface area contributed by atoms with Crippen LogP contribution in [0.25, 0.3) is 0 Å². The third-order valence-corrected chi connectivity index (χ3v) is 10.1. The Kier molecular flexibility index (Phi) is 11.7. The molecule has 1 N–H and O–H groups in total.